The lowest BCUT2D eigenvalue weighted by molar-refractivity contribution is 0.0452. The van der Waals surface area contributed by atoms with Crippen LogP contribution in [-0.2, 0) is 12.8 Å². The van der Waals surface area contributed by atoms with Crippen molar-refractivity contribution in [1.29, 1.82) is 0 Å². The molecule has 23 heteroatoms. The molecule has 0 spiro atoms. The van der Waals surface area contributed by atoms with E-state index in [1.54, 1.807) is 18.4 Å². The Kier molecular flexibility index (Phi) is 33.0. The average Bonchev–Trinajstić information content (AvgIpc) is 1.65. The first kappa shape index (κ1) is 91.1. The van der Waals surface area contributed by atoms with E-state index in [0.29, 0.717) is 62.6 Å². The van der Waals surface area contributed by atoms with E-state index < -0.39 is 5.76 Å². The Bertz CT molecular complexity index is 5830. The molecule has 0 saturated heterocycles. The zero-order chi connectivity index (χ0) is 88.1. The molecular formula is C102H109ClN2O20. The van der Waals surface area contributed by atoms with Crippen molar-refractivity contribution < 1.29 is 85.0 Å². The van der Waals surface area contributed by atoms with Crippen LogP contribution in [0.5, 0.6) is 74.7 Å². The van der Waals surface area contributed by atoms with Gasteiger partial charge in [-0.15, -0.1) is 0 Å². The molecule has 14 aromatic rings. The van der Waals surface area contributed by atoms with E-state index in [4.69, 9.17) is 96.6 Å². The minimum absolute atomic E-state index is 0.00657. The number of fused-ring (bicyclic) bond motifs is 11. The van der Waals surface area contributed by atoms with Crippen LogP contribution in [0, 0.1) is 76.2 Å². The highest BCUT2D eigenvalue weighted by atomic mass is 35.5. The molecule has 125 heavy (non-hydrogen) atoms. The van der Waals surface area contributed by atoms with Crippen LogP contribution < -0.4 is 78.3 Å². The smallest absolute Gasteiger partial charge is 0.417 e. The number of oxazole rings is 1. The van der Waals surface area contributed by atoms with Gasteiger partial charge in [0, 0.05) is 53.0 Å². The van der Waals surface area contributed by atoms with Gasteiger partial charge in [0.25, 0.3) is 0 Å². The second-order valence-corrected chi connectivity index (χ2v) is 30.7. The molecule has 0 unspecified atom stereocenters. The molecule has 0 saturated carbocycles. The minimum Gasteiger partial charge on any atom is -0.493 e. The normalized spacial score (nSPS) is 14.7. The second-order valence-electron chi connectivity index (χ2n) is 30.3. The molecule has 11 heterocycles. The third-order valence-electron chi connectivity index (χ3n) is 20.7. The lowest BCUT2D eigenvalue weighted by Gasteiger charge is -2.26. The molecule has 8 aliphatic rings. The number of para-hydroxylation sites is 9. The molecule has 22 rings (SSSR count). The van der Waals surface area contributed by atoms with Crippen molar-refractivity contribution in [2.75, 3.05) is 91.3 Å². The molecule has 11 aromatic carbocycles. The Labute approximate surface area is 733 Å². The highest BCUT2D eigenvalue weighted by Gasteiger charge is 2.24. The first-order chi connectivity index (χ1) is 60.7. The maximum Gasteiger partial charge on any atom is 0.417 e. The van der Waals surface area contributed by atoms with E-state index in [2.05, 4.69) is 60.5 Å². The molecule has 4 N–H and O–H groups in total. The standard InChI is InChI=1S/C10H13N.2C10H12O3.C10H12O2.C10H8O2.C9H9ClO2.C9H10O2.C9H10O.C9H8O.C8H7NO2.C8H8O2/c1-8-4-2-6-10-9(8)5-3-7-11-10;2*1-7-3-2-4-9-10(7)12-6-8(5-11)13-9;1-8-4-2-5-9-10(8)12-7-3-6-11-9;1-7-3-2-4-8-5-6-9(11)12-10(7)8;1-6-4-7(10)5-8-9(6)12-3-2-11-8;1-7-3-2-4-8-9(7)11-6-5-10-8;2*1-7-3-2-4-8-5-6-10-9(7)8;1-5-3-2-4-6-7(5)11-8(10)9-6;1-6-3-2-4-7-8(6)10-5-9-7/h2,4,6,11H,3,5,7H2,1H3;2*2-4,8,11H,5-6H2,1H3;2,4-5H,3,6-7H2,1H3;2-6H,1H3;4-5H,2-3H2,1H3;2-4H,5-6H2,1H3;2-4H,5-6H2,1H3;2-6H,1H3;2-4H,1H3,(H,9,10);2-4H,5H2,1H3/t;2*8-;;;;;;;;/m.10......../s1. The number of anilines is 1. The van der Waals surface area contributed by atoms with E-state index in [1.165, 1.54) is 57.8 Å². The maximum atomic E-state index is 10.9. The van der Waals surface area contributed by atoms with Crippen molar-refractivity contribution in [1.82, 2.24) is 4.98 Å². The number of aromatic amines is 1. The number of benzene rings is 11. The Morgan fingerprint density at radius 3 is 1.38 bits per heavy atom. The summed E-state index contributed by atoms with van der Waals surface area (Å²) in [4.78, 5) is 24.2. The molecule has 22 nitrogen and oxygen atoms in total. The molecule has 8 aliphatic heterocycles. The number of ether oxygens (including phenoxy) is 13. The number of aliphatic hydroxyl groups is 2. The van der Waals surface area contributed by atoms with Gasteiger partial charge >= 0.3 is 11.4 Å². The van der Waals surface area contributed by atoms with Gasteiger partial charge in [-0.3, -0.25) is 4.98 Å². The molecule has 654 valence electrons. The summed E-state index contributed by atoms with van der Waals surface area (Å²) in [5, 5.41) is 24.0. The Hall–Kier alpha value is -13.2. The van der Waals surface area contributed by atoms with Crippen LogP contribution in [0.4, 0.5) is 5.69 Å². The quantitative estimate of drug-likeness (QED) is 0.117. The number of hydrogen-bond donors (Lipinski definition) is 4. The molecule has 0 amide bonds. The van der Waals surface area contributed by atoms with Gasteiger partial charge < -0.3 is 90.4 Å². The van der Waals surface area contributed by atoms with Crippen LogP contribution in [0.15, 0.2) is 241 Å². The van der Waals surface area contributed by atoms with Crippen LogP contribution in [0.3, 0.4) is 0 Å². The van der Waals surface area contributed by atoms with Gasteiger partial charge in [-0.2, -0.15) is 0 Å². The molecule has 0 aliphatic carbocycles. The Balaban J connectivity index is 0.000000125. The van der Waals surface area contributed by atoms with Crippen LogP contribution in [0.25, 0.3) is 33.0 Å². The van der Waals surface area contributed by atoms with Crippen molar-refractivity contribution in [2.45, 2.75) is 114 Å². The SMILES string of the molecule is Cc1cc(Cl)cc2c1OCCO2.Cc1cccc2[nH]c(=O)oc12.Cc1cccc2c1CCCN2.Cc1cccc2c1OCC2.Cc1cccc2c1OCCCO2.Cc1cccc2c1OCCO2.Cc1cccc2c1OCO2.Cc1cccc2c1OC[C@@H](CO)O2.Cc1cccc2c1OC[C@H](CO)O2.Cc1cccc2ccc(=O)oc12.Cc1cccc2ccoc12. The van der Waals surface area contributed by atoms with Gasteiger partial charge in [0.15, 0.2) is 86.8 Å². The van der Waals surface area contributed by atoms with Crippen molar-refractivity contribution in [3.05, 3.63) is 317 Å². The third kappa shape index (κ3) is 25.1. The summed E-state index contributed by atoms with van der Waals surface area (Å²) in [7, 11) is 0. The fourth-order valence-corrected chi connectivity index (χ4v) is 14.5. The lowest BCUT2D eigenvalue weighted by atomic mass is 9.99. The maximum absolute atomic E-state index is 10.9. The predicted molar refractivity (Wildman–Crippen MR) is 488 cm³/mol. The van der Waals surface area contributed by atoms with E-state index >= 15 is 0 Å². The first-order valence-corrected chi connectivity index (χ1v) is 42.2. The summed E-state index contributed by atoms with van der Waals surface area (Å²) in [6.45, 7) is 29.4. The summed E-state index contributed by atoms with van der Waals surface area (Å²) < 4.78 is 85.6. The van der Waals surface area contributed by atoms with Crippen molar-refractivity contribution >= 4 is 50.3 Å². The zero-order valence-electron chi connectivity index (χ0n) is 72.6. The highest BCUT2D eigenvalue weighted by Crippen LogP contribution is 2.40. The van der Waals surface area contributed by atoms with Gasteiger partial charge in [-0.25, -0.2) is 9.59 Å². The average molecular weight is 1720 g/mol. The number of aliphatic hydroxyl groups excluding tert-OH is 2. The summed E-state index contributed by atoms with van der Waals surface area (Å²) in [5.74, 6) is 10.7. The highest BCUT2D eigenvalue weighted by molar-refractivity contribution is 6.30. The van der Waals surface area contributed by atoms with Gasteiger partial charge in [0.05, 0.1) is 44.8 Å². The second kappa shape index (κ2) is 45.3. The zero-order valence-corrected chi connectivity index (χ0v) is 73.3. The number of aryl methyl sites for hydroxylation is 11. The van der Waals surface area contributed by atoms with Crippen LogP contribution >= 0.6 is 11.6 Å². The van der Waals surface area contributed by atoms with Gasteiger partial charge in [-0.05, 0) is 222 Å². The van der Waals surface area contributed by atoms with Gasteiger partial charge in [-0.1, -0.05) is 151 Å². The summed E-state index contributed by atoms with van der Waals surface area (Å²) in [6.07, 6.45) is 5.83. The van der Waals surface area contributed by atoms with Crippen molar-refractivity contribution in [3.8, 4) is 74.7 Å². The number of aromatic nitrogens is 1. The van der Waals surface area contributed by atoms with Gasteiger partial charge in [0.2, 0.25) is 6.79 Å². The number of halogens is 1. The topological polar surface area (TPSA) is 262 Å². The largest absolute Gasteiger partial charge is 0.493 e. The lowest BCUT2D eigenvalue weighted by Crippen LogP contribution is -2.32. The van der Waals surface area contributed by atoms with Crippen LogP contribution in [-0.4, -0.2) is 113 Å². The minimum atomic E-state index is -0.394. The Morgan fingerprint density at radius 2 is 0.808 bits per heavy atom. The molecule has 0 bridgehead atoms. The van der Waals surface area contributed by atoms with E-state index in [9.17, 15) is 9.59 Å². The fraction of sp³-hybridized carbons (Fsp3) is 0.294. The molecular weight excluding hydrogens is 1610 g/mol. The van der Waals surface area contributed by atoms with Crippen LogP contribution in [0.1, 0.15) is 85.2 Å². The van der Waals surface area contributed by atoms with E-state index in [0.717, 1.165) is 175 Å². The summed E-state index contributed by atoms with van der Waals surface area (Å²) in [5.41, 5.74) is 19.4. The number of H-pyrrole nitrogens is 1. The third-order valence-corrected chi connectivity index (χ3v) is 20.9. The van der Waals surface area contributed by atoms with Crippen molar-refractivity contribution in [2.24, 2.45) is 0 Å². The number of rotatable bonds is 2. The first-order valence-electron chi connectivity index (χ1n) is 41.9. The van der Waals surface area contributed by atoms with E-state index in [-0.39, 0.29) is 31.0 Å². The van der Waals surface area contributed by atoms with Crippen molar-refractivity contribution in [3.63, 3.8) is 0 Å². The van der Waals surface area contributed by atoms with Gasteiger partial charge in [0.1, 0.15) is 56.6 Å². The monoisotopic (exact) mass is 1720 g/mol. The molecule has 2 atom stereocenters. The summed E-state index contributed by atoms with van der Waals surface area (Å²) in [6, 6.07) is 68.4. The Morgan fingerprint density at radius 1 is 0.360 bits per heavy atom. The van der Waals surface area contributed by atoms with Crippen LogP contribution in [0.2, 0.25) is 5.02 Å². The fourth-order valence-electron chi connectivity index (χ4n) is 14.3. The number of nitrogens with one attached hydrogen (secondary N) is 2. The molecule has 3 aromatic heterocycles. The summed E-state index contributed by atoms with van der Waals surface area (Å²) >= 11 is 5.85. The molecule has 0 radical (unpaired) electrons. The van der Waals surface area contributed by atoms with E-state index in [1.807, 2.05) is 220 Å². The predicted octanol–water partition coefficient (Wildman–Crippen LogP) is 20.9. The molecule has 0 fully saturated rings. The number of hydrogen-bond acceptors (Lipinski definition) is 21. The number of furan rings is 1.